The Balaban J connectivity index is 1.75. The molecule has 5 nitrogen and oxygen atoms in total. The largest absolute Gasteiger partial charge is 0.504 e. The van der Waals surface area contributed by atoms with Crippen molar-refractivity contribution in [1.82, 2.24) is 9.88 Å². The molecule has 27 heavy (non-hydrogen) atoms. The Morgan fingerprint density at radius 3 is 2.85 bits per heavy atom. The number of nitrogens with zero attached hydrogens (tertiary/aromatic N) is 1. The molecule has 1 saturated heterocycles. The lowest BCUT2D eigenvalue weighted by molar-refractivity contribution is -0.137. The Morgan fingerprint density at radius 2 is 2.11 bits per heavy atom. The van der Waals surface area contributed by atoms with Crippen molar-refractivity contribution in [1.29, 1.82) is 0 Å². The molecule has 2 unspecified atom stereocenters. The Kier molecular flexibility index (Phi) is 4.79. The van der Waals surface area contributed by atoms with Crippen molar-refractivity contribution < 1.29 is 14.3 Å². The molecule has 0 aliphatic carbocycles. The topological polar surface area (TPSA) is 54.6 Å². The normalized spacial score (nSPS) is 24.6. The molecule has 0 amide bonds. The van der Waals surface area contributed by atoms with E-state index in [2.05, 4.69) is 40.2 Å². The van der Waals surface area contributed by atoms with E-state index in [9.17, 15) is 4.79 Å². The summed E-state index contributed by atoms with van der Waals surface area (Å²) in [6.07, 6.45) is 5.57. The van der Waals surface area contributed by atoms with E-state index in [-0.39, 0.29) is 17.9 Å². The maximum absolute atomic E-state index is 12.4. The average molecular weight is 366 g/mol. The second kappa shape index (κ2) is 7.24. The van der Waals surface area contributed by atoms with E-state index < -0.39 is 0 Å². The van der Waals surface area contributed by atoms with Gasteiger partial charge in [0.25, 0.3) is 0 Å². The molecule has 1 N–H and O–H groups in total. The molecule has 1 aromatic carbocycles. The van der Waals surface area contributed by atoms with Crippen LogP contribution < -0.4 is 0 Å². The van der Waals surface area contributed by atoms with Gasteiger partial charge in [-0.2, -0.15) is 0 Å². The summed E-state index contributed by atoms with van der Waals surface area (Å²) in [5.74, 6) is -0.316. The number of allylic oxidation sites excluding steroid dienone is 1. The number of H-pyrrole nitrogens is 1. The Hall–Kier alpha value is -2.53. The predicted octanol–water partition coefficient (Wildman–Crippen LogP) is 3.74. The lowest BCUT2D eigenvalue weighted by atomic mass is 9.78. The highest BCUT2D eigenvalue weighted by atomic mass is 16.5. The van der Waals surface area contributed by atoms with Crippen molar-refractivity contribution in [2.75, 3.05) is 27.3 Å². The van der Waals surface area contributed by atoms with Gasteiger partial charge in [0.2, 0.25) is 0 Å². The van der Waals surface area contributed by atoms with Crippen LogP contribution in [0.15, 0.2) is 47.7 Å². The molecule has 1 fully saturated rings. The molecule has 2 aliphatic heterocycles. The summed E-state index contributed by atoms with van der Waals surface area (Å²) < 4.78 is 10.2. The molecule has 0 spiro atoms. The summed E-state index contributed by atoms with van der Waals surface area (Å²) in [5.41, 5.74) is 5.75. The number of carbonyl (C=O) groups excluding carboxylic acids is 1. The van der Waals surface area contributed by atoms with Crippen LogP contribution in [0.2, 0.25) is 0 Å². The first-order valence-corrected chi connectivity index (χ1v) is 9.47. The molecule has 0 bridgehead atoms. The molecule has 2 atom stereocenters. The highest BCUT2D eigenvalue weighted by Crippen LogP contribution is 2.44. The van der Waals surface area contributed by atoms with Crippen LogP contribution in [-0.2, 0) is 20.7 Å². The molecule has 142 valence electrons. The van der Waals surface area contributed by atoms with Crippen molar-refractivity contribution in [2.24, 2.45) is 5.92 Å². The van der Waals surface area contributed by atoms with Crippen molar-refractivity contribution in [3.05, 3.63) is 59.0 Å². The second-order valence-corrected chi connectivity index (χ2v) is 7.25. The molecular weight excluding hydrogens is 340 g/mol. The summed E-state index contributed by atoms with van der Waals surface area (Å²) in [6, 6.07) is 8.77. The van der Waals surface area contributed by atoms with Gasteiger partial charge in [0.1, 0.15) is 0 Å². The van der Waals surface area contributed by atoms with Gasteiger partial charge >= 0.3 is 5.97 Å². The molecule has 3 heterocycles. The third-order valence-corrected chi connectivity index (χ3v) is 5.97. The number of fused-ring (bicyclic) bond motifs is 5. The highest BCUT2D eigenvalue weighted by molar-refractivity contribution is 5.89. The Bertz CT molecular complexity index is 925. The van der Waals surface area contributed by atoms with Crippen LogP contribution in [-0.4, -0.2) is 43.2 Å². The summed E-state index contributed by atoms with van der Waals surface area (Å²) in [7, 11) is 3.00. The fourth-order valence-corrected chi connectivity index (χ4v) is 4.68. The van der Waals surface area contributed by atoms with Crippen molar-refractivity contribution in [2.45, 2.75) is 25.8 Å². The molecule has 5 heteroatoms. The summed E-state index contributed by atoms with van der Waals surface area (Å²) in [6.45, 7) is 3.94. The minimum absolute atomic E-state index is 0.000937. The lowest BCUT2D eigenvalue weighted by Gasteiger charge is -2.44. The number of hydrogen-bond acceptors (Lipinski definition) is 4. The number of ether oxygens (including phenoxy) is 2. The first kappa shape index (κ1) is 17.9. The minimum Gasteiger partial charge on any atom is -0.504 e. The SMILES string of the molecule is C/C=C1\CN2CCc3c([nH]c4ccccc34)C2CC1/C(=C/OC)C(=O)OC. The van der Waals surface area contributed by atoms with Crippen LogP contribution in [0, 0.1) is 5.92 Å². The fraction of sp³-hybridized carbons (Fsp3) is 0.409. The van der Waals surface area contributed by atoms with Crippen LogP contribution in [0.3, 0.4) is 0 Å². The number of aromatic nitrogens is 1. The van der Waals surface area contributed by atoms with Crippen LogP contribution in [0.4, 0.5) is 0 Å². The maximum Gasteiger partial charge on any atom is 0.337 e. The number of rotatable bonds is 3. The number of nitrogens with one attached hydrogen (secondary N) is 1. The summed E-state index contributed by atoms with van der Waals surface area (Å²) in [4.78, 5) is 18.6. The number of piperidine rings is 1. The number of esters is 1. The first-order valence-electron chi connectivity index (χ1n) is 9.47. The number of aromatic amines is 1. The van der Waals surface area contributed by atoms with Gasteiger partial charge in [0, 0.05) is 35.6 Å². The smallest absolute Gasteiger partial charge is 0.337 e. The summed E-state index contributed by atoms with van der Waals surface area (Å²) in [5, 5.41) is 1.32. The molecule has 0 saturated carbocycles. The van der Waals surface area contributed by atoms with E-state index in [4.69, 9.17) is 9.47 Å². The highest BCUT2D eigenvalue weighted by Gasteiger charge is 2.40. The number of para-hydroxylation sites is 1. The monoisotopic (exact) mass is 366 g/mol. The third-order valence-electron chi connectivity index (χ3n) is 5.97. The lowest BCUT2D eigenvalue weighted by Crippen LogP contribution is -2.43. The molecule has 2 aliphatic rings. The molecule has 1 aromatic heterocycles. The van der Waals surface area contributed by atoms with E-state index >= 15 is 0 Å². The zero-order valence-corrected chi connectivity index (χ0v) is 16.1. The van der Waals surface area contributed by atoms with E-state index in [1.165, 1.54) is 34.8 Å². The van der Waals surface area contributed by atoms with Crippen molar-refractivity contribution in [3.63, 3.8) is 0 Å². The zero-order chi connectivity index (χ0) is 19.0. The van der Waals surface area contributed by atoms with Gasteiger partial charge in [0.05, 0.1) is 32.1 Å². The van der Waals surface area contributed by atoms with Crippen LogP contribution in [0.25, 0.3) is 10.9 Å². The van der Waals surface area contributed by atoms with Gasteiger partial charge < -0.3 is 14.5 Å². The summed E-state index contributed by atoms with van der Waals surface area (Å²) >= 11 is 0. The van der Waals surface area contributed by atoms with Gasteiger partial charge in [-0.25, -0.2) is 4.79 Å². The van der Waals surface area contributed by atoms with E-state index in [1.54, 1.807) is 13.4 Å². The fourth-order valence-electron chi connectivity index (χ4n) is 4.68. The standard InChI is InChI=1S/C22H26N2O3/c1-4-14-12-24-10-9-16-15-7-5-6-8-19(15)23-21(16)20(24)11-17(14)18(13-26-2)22(25)27-3/h4-8,13,17,20,23H,9-12H2,1-3H3/b14-4+,18-13-. The van der Waals surface area contributed by atoms with E-state index in [0.717, 1.165) is 25.9 Å². The van der Waals surface area contributed by atoms with E-state index in [0.29, 0.717) is 5.57 Å². The molecule has 2 aromatic rings. The average Bonchev–Trinajstić information content (AvgIpc) is 3.09. The molecule has 4 rings (SSSR count). The molecule has 0 radical (unpaired) electrons. The number of hydrogen-bond donors (Lipinski definition) is 1. The zero-order valence-electron chi connectivity index (χ0n) is 16.1. The van der Waals surface area contributed by atoms with Crippen molar-refractivity contribution >= 4 is 16.9 Å². The Labute approximate surface area is 159 Å². The van der Waals surface area contributed by atoms with Crippen LogP contribution in [0.1, 0.15) is 30.6 Å². The van der Waals surface area contributed by atoms with Crippen LogP contribution in [0.5, 0.6) is 0 Å². The minimum atomic E-state index is -0.317. The quantitative estimate of drug-likeness (QED) is 0.389. The first-order chi connectivity index (χ1) is 13.2. The van der Waals surface area contributed by atoms with Crippen LogP contribution >= 0.6 is 0 Å². The third kappa shape index (κ3) is 2.96. The van der Waals surface area contributed by atoms with Gasteiger partial charge in [-0.3, -0.25) is 4.90 Å². The number of carbonyl (C=O) groups is 1. The van der Waals surface area contributed by atoms with Crippen molar-refractivity contribution in [3.8, 4) is 0 Å². The number of methoxy groups -OCH3 is 2. The Morgan fingerprint density at radius 1 is 1.30 bits per heavy atom. The van der Waals surface area contributed by atoms with Gasteiger partial charge in [0.15, 0.2) is 0 Å². The van der Waals surface area contributed by atoms with Gasteiger partial charge in [-0.1, -0.05) is 29.8 Å². The van der Waals surface area contributed by atoms with Gasteiger partial charge in [-0.15, -0.1) is 0 Å². The molecular formula is C22H26N2O3. The maximum atomic E-state index is 12.4. The van der Waals surface area contributed by atoms with E-state index in [1.807, 2.05) is 6.92 Å². The second-order valence-electron chi connectivity index (χ2n) is 7.25. The number of benzene rings is 1. The predicted molar refractivity (Wildman–Crippen MR) is 105 cm³/mol. The van der Waals surface area contributed by atoms with Gasteiger partial charge in [-0.05, 0) is 31.4 Å².